The van der Waals surface area contributed by atoms with Crippen LogP contribution in [0.1, 0.15) is 70.9 Å². The van der Waals surface area contributed by atoms with Gasteiger partial charge in [-0.25, -0.2) is 23.8 Å². The topological polar surface area (TPSA) is 305 Å². The second kappa shape index (κ2) is 14.6. The van der Waals surface area contributed by atoms with Crippen LogP contribution in [0.3, 0.4) is 0 Å². The van der Waals surface area contributed by atoms with Gasteiger partial charge in [0.15, 0.2) is 11.7 Å². The van der Waals surface area contributed by atoms with E-state index in [-0.39, 0.29) is 59.6 Å². The van der Waals surface area contributed by atoms with E-state index in [0.29, 0.717) is 34.1 Å². The van der Waals surface area contributed by atoms with Crippen molar-refractivity contribution in [2.45, 2.75) is 88.1 Å². The van der Waals surface area contributed by atoms with Gasteiger partial charge in [-0.05, 0) is 55.0 Å². The van der Waals surface area contributed by atoms with E-state index in [1.807, 2.05) is 0 Å². The molecule has 1 fully saturated rings. The minimum atomic E-state index is -3.04. The number of aromatic nitrogens is 2. The van der Waals surface area contributed by atoms with E-state index in [9.17, 15) is 54.8 Å². The molecule has 20 nitrogen and oxygen atoms in total. The molecule has 5 heterocycles. The normalized spacial score (nSPS) is 25.7. The molecule has 0 bridgehead atoms. The minimum absolute atomic E-state index is 0.0165. The lowest BCUT2D eigenvalue weighted by Crippen LogP contribution is -2.67. The number of carbonyl (C=O) groups excluding carboxylic acids is 2. The first kappa shape index (κ1) is 40.7. The summed E-state index contributed by atoms with van der Waals surface area (Å²) in [6, 6.07) is 5.04. The van der Waals surface area contributed by atoms with Crippen molar-refractivity contribution in [1.29, 1.82) is 0 Å². The predicted molar refractivity (Wildman–Crippen MR) is 200 cm³/mol. The quantitative estimate of drug-likeness (QED) is 0.0622. The van der Waals surface area contributed by atoms with E-state index in [2.05, 4.69) is 5.32 Å². The molecule has 1 amide bonds. The molecule has 316 valence electrons. The lowest BCUT2D eigenvalue weighted by Gasteiger charge is -2.41. The molecular weight excluding hydrogens is 797 g/mol. The molecule has 60 heavy (non-hydrogen) atoms. The van der Waals surface area contributed by atoms with Crippen molar-refractivity contribution < 1.29 is 68.2 Å². The molecule has 4 aromatic rings. The molecule has 0 radical (unpaired) electrons. The van der Waals surface area contributed by atoms with Crippen LogP contribution in [-0.2, 0) is 49.0 Å². The summed E-state index contributed by atoms with van der Waals surface area (Å²) >= 11 is 0. The van der Waals surface area contributed by atoms with Crippen LogP contribution >= 0.6 is 0 Å². The highest BCUT2D eigenvalue weighted by molar-refractivity contribution is 5.93. The fraction of sp³-hybridized carbons (Fsp3) is 0.410. The summed E-state index contributed by atoms with van der Waals surface area (Å²) in [5.74, 6) is -7.12. The molecular formula is C39H38FN5O15. The second-order valence-electron chi connectivity index (χ2n) is 15.0. The van der Waals surface area contributed by atoms with Gasteiger partial charge in [0.25, 0.3) is 5.56 Å². The third-order valence-corrected chi connectivity index (χ3v) is 11.8. The maximum absolute atomic E-state index is 15.4. The number of benzene rings is 2. The summed E-state index contributed by atoms with van der Waals surface area (Å²) < 4.78 is 38.1. The van der Waals surface area contributed by atoms with Gasteiger partial charge in [0, 0.05) is 40.8 Å². The van der Waals surface area contributed by atoms with Crippen molar-refractivity contribution in [3.8, 4) is 17.1 Å². The van der Waals surface area contributed by atoms with Gasteiger partial charge in [-0.15, -0.1) is 0 Å². The highest BCUT2D eigenvalue weighted by Crippen LogP contribution is 2.46. The number of aliphatic carboxylic acids is 1. The molecule has 3 aliphatic heterocycles. The minimum Gasteiger partial charge on any atom is -0.476 e. The summed E-state index contributed by atoms with van der Waals surface area (Å²) in [7, 11) is 0. The molecule has 21 heteroatoms. The van der Waals surface area contributed by atoms with Gasteiger partial charge in [-0.3, -0.25) is 14.9 Å². The number of nitrogens with zero attached hydrogens (tertiary/aromatic N) is 3. The van der Waals surface area contributed by atoms with Gasteiger partial charge in [0.2, 0.25) is 5.75 Å². The number of ether oxygens (including phenoxy) is 4. The number of carbonyl (C=O) groups is 3. The van der Waals surface area contributed by atoms with Gasteiger partial charge < -0.3 is 60.1 Å². The smallest absolute Gasteiger partial charge is 0.408 e. The number of rotatable bonds is 9. The largest absolute Gasteiger partial charge is 0.476 e. The van der Waals surface area contributed by atoms with E-state index >= 15 is 4.39 Å². The predicted octanol–water partition coefficient (Wildman–Crippen LogP) is 1.12. The van der Waals surface area contributed by atoms with Gasteiger partial charge in [0.1, 0.15) is 30.7 Å². The Labute approximate surface area is 337 Å². The highest BCUT2D eigenvalue weighted by atomic mass is 19.1. The maximum Gasteiger partial charge on any atom is 0.408 e. The number of hydrogen-bond acceptors (Lipinski definition) is 16. The van der Waals surface area contributed by atoms with Gasteiger partial charge in [0.05, 0.1) is 46.6 Å². The Morgan fingerprint density at radius 3 is 2.62 bits per heavy atom. The van der Waals surface area contributed by atoms with E-state index in [4.69, 9.17) is 29.7 Å². The molecule has 1 saturated heterocycles. The number of pyridine rings is 2. The van der Waals surface area contributed by atoms with Crippen molar-refractivity contribution in [3.63, 3.8) is 0 Å². The van der Waals surface area contributed by atoms with Crippen LogP contribution in [0, 0.1) is 22.9 Å². The Morgan fingerprint density at radius 2 is 1.93 bits per heavy atom. The summed E-state index contributed by atoms with van der Waals surface area (Å²) in [6.07, 6.45) is -7.96. The average Bonchev–Trinajstić information content (AvgIpc) is 3.59. The van der Waals surface area contributed by atoms with Crippen LogP contribution in [0.4, 0.5) is 14.9 Å². The molecule has 0 saturated carbocycles. The molecule has 1 unspecified atom stereocenters. The zero-order valence-corrected chi connectivity index (χ0v) is 31.8. The first-order chi connectivity index (χ1) is 28.4. The number of hydrogen-bond donors (Lipinski definition) is 7. The Hall–Kier alpha value is -6.10. The number of nitro groups is 1. The first-order valence-corrected chi connectivity index (χ1v) is 18.8. The number of aliphatic hydroxyl groups excluding tert-OH is 3. The van der Waals surface area contributed by atoms with Crippen molar-refractivity contribution in [2.24, 2.45) is 5.73 Å². The summed E-state index contributed by atoms with van der Waals surface area (Å²) in [5, 5.41) is 67.3. The SMILES string of the molecule is CC[C@]1(O)C(=O)OCc2c1cc1n(c2=O)Cc2c-1nc1cc(F)c(C)c3c1c2[C@H](NC(=O)OC(CN)c1ccc(O[C@@]2(C(=O)O)OC[C@H](O)[C@H](O)[C@H]2O)c([N+](=O)[O-])c1)CC3. The standard InChI is InChI=1S/C39H38FN5O15/c1-3-38(54)20-9-25-31-18(12-44(25)34(49)19(20)13-57-36(38)52)30-22(6-5-17-15(2)21(40)10-23(42-31)29(17)30)43-37(53)59-28(11-41)16-4-7-27(24(8-16)45(55)56)60-39(35(50)51)33(48)32(47)26(46)14-58-39/h4,7-10,22,26,28,32-33,46-48,54H,3,5-6,11-14,41H2,1-2H3,(H,43,53)(H,50,51)/t22-,26+,28?,32+,33-,38-,39+/m1/s1. The number of amides is 1. The second-order valence-corrected chi connectivity index (χ2v) is 15.0. The number of nitrogens with one attached hydrogen (secondary N) is 1. The molecule has 7 atom stereocenters. The van der Waals surface area contributed by atoms with Crippen molar-refractivity contribution in [1.82, 2.24) is 14.9 Å². The van der Waals surface area contributed by atoms with Gasteiger partial charge in [-0.1, -0.05) is 13.0 Å². The molecule has 1 aliphatic carbocycles. The van der Waals surface area contributed by atoms with Crippen LogP contribution in [0.25, 0.3) is 22.3 Å². The fourth-order valence-corrected chi connectivity index (χ4v) is 8.53. The van der Waals surface area contributed by atoms with Crippen LogP contribution in [0.5, 0.6) is 5.75 Å². The maximum atomic E-state index is 15.4. The summed E-state index contributed by atoms with van der Waals surface area (Å²) in [4.78, 5) is 68.7. The van der Waals surface area contributed by atoms with E-state index < -0.39 is 101 Å². The van der Waals surface area contributed by atoms with Crippen LogP contribution in [-0.4, -0.2) is 95.3 Å². The van der Waals surface area contributed by atoms with Crippen LogP contribution in [0.2, 0.25) is 0 Å². The summed E-state index contributed by atoms with van der Waals surface area (Å²) in [6.45, 7) is 1.64. The zero-order valence-electron chi connectivity index (χ0n) is 31.8. The van der Waals surface area contributed by atoms with Gasteiger partial charge in [-0.2, -0.15) is 0 Å². The third-order valence-electron chi connectivity index (χ3n) is 11.8. The fourth-order valence-electron chi connectivity index (χ4n) is 8.53. The first-order valence-electron chi connectivity index (χ1n) is 18.8. The highest BCUT2D eigenvalue weighted by Gasteiger charge is 2.58. The molecule has 2 aromatic heterocycles. The zero-order chi connectivity index (χ0) is 43.2. The number of esters is 1. The number of carboxylic acids is 1. The van der Waals surface area contributed by atoms with Crippen molar-refractivity contribution in [3.05, 3.63) is 95.6 Å². The van der Waals surface area contributed by atoms with E-state index in [1.54, 1.807) is 13.8 Å². The number of nitro benzene ring substituents is 1. The lowest BCUT2D eigenvalue weighted by molar-refractivity contribution is -0.388. The van der Waals surface area contributed by atoms with Gasteiger partial charge >= 0.3 is 29.5 Å². The monoisotopic (exact) mass is 835 g/mol. The molecule has 8 rings (SSSR count). The van der Waals surface area contributed by atoms with Crippen LogP contribution < -0.4 is 21.3 Å². The third kappa shape index (κ3) is 6.06. The van der Waals surface area contributed by atoms with Crippen molar-refractivity contribution >= 4 is 34.6 Å². The molecule has 8 N–H and O–H groups in total. The summed E-state index contributed by atoms with van der Waals surface area (Å²) in [5.41, 5.74) is 5.57. The number of carboxylic acid groups (broad SMARTS) is 1. The number of cyclic esters (lactones) is 1. The Balaban J connectivity index is 1.12. The number of aliphatic hydroxyl groups is 4. The Kier molecular flexibility index (Phi) is 9.87. The molecule has 2 aromatic carbocycles. The van der Waals surface area contributed by atoms with Crippen molar-refractivity contribution in [2.75, 3.05) is 13.2 Å². The van der Waals surface area contributed by atoms with Crippen LogP contribution in [0.15, 0.2) is 35.1 Å². The Morgan fingerprint density at radius 1 is 1.18 bits per heavy atom. The number of aryl methyl sites for hydroxylation is 1. The number of alkyl carbamates (subject to hydrolysis) is 1. The Bertz CT molecular complexity index is 2600. The molecule has 4 aliphatic rings. The lowest BCUT2D eigenvalue weighted by atomic mass is 9.81. The molecule has 0 spiro atoms. The van der Waals surface area contributed by atoms with E-state index in [1.165, 1.54) is 22.8 Å². The van der Waals surface area contributed by atoms with E-state index in [0.717, 1.165) is 12.1 Å². The average molecular weight is 836 g/mol. The number of halogens is 1. The number of fused-ring (bicyclic) bond motifs is 5. The number of nitrogens with two attached hydrogens (primary N) is 1.